The third-order valence-corrected chi connectivity index (χ3v) is 3.19. The van der Waals surface area contributed by atoms with Crippen molar-refractivity contribution in [1.82, 2.24) is 4.90 Å². The van der Waals surface area contributed by atoms with Crippen LogP contribution in [0.4, 0.5) is 0 Å². The molecule has 1 aliphatic heterocycles. The molecular formula is C14H23ClN2O2. The maximum atomic E-state index is 5.65. The molecule has 2 N–H and O–H groups in total. The van der Waals surface area contributed by atoms with Crippen LogP contribution in [0.15, 0.2) is 24.3 Å². The first-order chi connectivity index (χ1) is 8.81. The maximum absolute atomic E-state index is 5.65. The monoisotopic (exact) mass is 286 g/mol. The number of benzene rings is 1. The number of ether oxygens (including phenoxy) is 2. The Balaban J connectivity index is 0.00000180. The summed E-state index contributed by atoms with van der Waals surface area (Å²) in [5, 5.41) is 0. The molecule has 1 aromatic rings. The minimum absolute atomic E-state index is 0. The van der Waals surface area contributed by atoms with E-state index in [9.17, 15) is 0 Å². The number of hydrogen-bond donors (Lipinski definition) is 1. The van der Waals surface area contributed by atoms with Gasteiger partial charge < -0.3 is 15.2 Å². The number of halogens is 1. The van der Waals surface area contributed by atoms with Crippen molar-refractivity contribution >= 4 is 12.4 Å². The van der Waals surface area contributed by atoms with Crippen LogP contribution < -0.4 is 5.73 Å². The topological polar surface area (TPSA) is 47.7 Å². The molecule has 0 bridgehead atoms. The van der Waals surface area contributed by atoms with Crippen LogP contribution in [0.5, 0.6) is 0 Å². The van der Waals surface area contributed by atoms with Crippen molar-refractivity contribution in [1.29, 1.82) is 0 Å². The van der Waals surface area contributed by atoms with E-state index < -0.39 is 0 Å². The summed E-state index contributed by atoms with van der Waals surface area (Å²) in [6.07, 6.45) is 0.181. The highest BCUT2D eigenvalue weighted by molar-refractivity contribution is 5.85. The van der Waals surface area contributed by atoms with E-state index in [-0.39, 0.29) is 18.5 Å². The predicted octanol–water partition coefficient (Wildman–Crippen LogP) is 1.41. The fraction of sp³-hybridized carbons (Fsp3) is 0.571. The SMILES string of the molecule is COCc1cccc(CN2CCOC(CN)C2)c1.Cl. The Hall–Kier alpha value is -0.650. The lowest BCUT2D eigenvalue weighted by atomic mass is 10.1. The van der Waals surface area contributed by atoms with Crippen LogP contribution in [0.25, 0.3) is 0 Å². The van der Waals surface area contributed by atoms with Crippen LogP contribution in [-0.2, 0) is 22.6 Å². The second-order valence-electron chi connectivity index (χ2n) is 4.72. The number of nitrogens with two attached hydrogens (primary N) is 1. The molecule has 0 aromatic heterocycles. The molecule has 0 amide bonds. The molecule has 5 heteroatoms. The second-order valence-corrected chi connectivity index (χ2v) is 4.72. The minimum atomic E-state index is 0. The fourth-order valence-corrected chi connectivity index (χ4v) is 2.31. The quantitative estimate of drug-likeness (QED) is 0.889. The fourth-order valence-electron chi connectivity index (χ4n) is 2.31. The molecule has 0 spiro atoms. The van der Waals surface area contributed by atoms with Gasteiger partial charge in [0.25, 0.3) is 0 Å². The van der Waals surface area contributed by atoms with Gasteiger partial charge in [-0.2, -0.15) is 0 Å². The Labute approximate surface area is 121 Å². The lowest BCUT2D eigenvalue weighted by Gasteiger charge is -2.32. The molecule has 4 nitrogen and oxygen atoms in total. The lowest BCUT2D eigenvalue weighted by Crippen LogP contribution is -2.45. The summed E-state index contributed by atoms with van der Waals surface area (Å²) in [6.45, 7) is 4.90. The molecular weight excluding hydrogens is 264 g/mol. The molecule has 1 atom stereocenters. The van der Waals surface area contributed by atoms with E-state index in [1.807, 2.05) is 0 Å². The summed E-state index contributed by atoms with van der Waals surface area (Å²) < 4.78 is 10.7. The maximum Gasteiger partial charge on any atom is 0.0824 e. The zero-order valence-electron chi connectivity index (χ0n) is 11.4. The van der Waals surface area contributed by atoms with Gasteiger partial charge in [0.1, 0.15) is 0 Å². The smallest absolute Gasteiger partial charge is 0.0824 e. The third kappa shape index (κ3) is 5.09. The average molecular weight is 287 g/mol. The zero-order chi connectivity index (χ0) is 12.8. The number of hydrogen-bond acceptors (Lipinski definition) is 4. The molecule has 1 fully saturated rings. The normalized spacial score (nSPS) is 20.0. The first-order valence-corrected chi connectivity index (χ1v) is 6.42. The zero-order valence-corrected chi connectivity index (χ0v) is 12.2. The highest BCUT2D eigenvalue weighted by atomic mass is 35.5. The van der Waals surface area contributed by atoms with E-state index in [1.165, 1.54) is 11.1 Å². The van der Waals surface area contributed by atoms with Crippen molar-refractivity contribution in [3.05, 3.63) is 35.4 Å². The average Bonchev–Trinajstić information content (AvgIpc) is 2.40. The molecule has 1 aromatic carbocycles. The van der Waals surface area contributed by atoms with Gasteiger partial charge >= 0.3 is 0 Å². The van der Waals surface area contributed by atoms with Crippen LogP contribution in [0.3, 0.4) is 0 Å². The Bertz CT molecular complexity index is 376. The molecule has 1 heterocycles. The Morgan fingerprint density at radius 2 is 2.21 bits per heavy atom. The molecule has 1 saturated heterocycles. The molecule has 2 rings (SSSR count). The Kier molecular flexibility index (Phi) is 7.34. The molecule has 19 heavy (non-hydrogen) atoms. The second kappa shape index (κ2) is 8.51. The predicted molar refractivity (Wildman–Crippen MR) is 78.5 cm³/mol. The van der Waals surface area contributed by atoms with E-state index in [0.29, 0.717) is 13.2 Å². The van der Waals surface area contributed by atoms with Crippen molar-refractivity contribution < 1.29 is 9.47 Å². The van der Waals surface area contributed by atoms with Crippen LogP contribution in [0, 0.1) is 0 Å². The Morgan fingerprint density at radius 1 is 1.42 bits per heavy atom. The summed E-state index contributed by atoms with van der Waals surface area (Å²) in [6, 6.07) is 8.54. The van der Waals surface area contributed by atoms with E-state index in [1.54, 1.807) is 7.11 Å². The van der Waals surface area contributed by atoms with Gasteiger partial charge in [-0.1, -0.05) is 24.3 Å². The number of nitrogens with zero attached hydrogens (tertiary/aromatic N) is 1. The number of rotatable bonds is 5. The van der Waals surface area contributed by atoms with Gasteiger partial charge in [-0.25, -0.2) is 0 Å². The van der Waals surface area contributed by atoms with E-state index >= 15 is 0 Å². The first kappa shape index (κ1) is 16.4. The summed E-state index contributed by atoms with van der Waals surface area (Å²) in [5.41, 5.74) is 8.20. The van der Waals surface area contributed by atoms with E-state index in [0.717, 1.165) is 26.2 Å². The largest absolute Gasteiger partial charge is 0.380 e. The van der Waals surface area contributed by atoms with E-state index in [2.05, 4.69) is 29.2 Å². The van der Waals surface area contributed by atoms with Crippen molar-refractivity contribution in [2.45, 2.75) is 19.3 Å². The van der Waals surface area contributed by atoms with Gasteiger partial charge in [0.2, 0.25) is 0 Å². The summed E-state index contributed by atoms with van der Waals surface area (Å²) >= 11 is 0. The molecule has 0 saturated carbocycles. The van der Waals surface area contributed by atoms with Gasteiger partial charge in [0.15, 0.2) is 0 Å². The molecule has 1 unspecified atom stereocenters. The van der Waals surface area contributed by atoms with Gasteiger partial charge in [0, 0.05) is 33.3 Å². The Morgan fingerprint density at radius 3 is 2.95 bits per heavy atom. The van der Waals surface area contributed by atoms with Gasteiger partial charge in [0.05, 0.1) is 19.3 Å². The first-order valence-electron chi connectivity index (χ1n) is 6.42. The van der Waals surface area contributed by atoms with Crippen molar-refractivity contribution in [2.75, 3.05) is 33.4 Å². The summed E-state index contributed by atoms with van der Waals surface area (Å²) in [7, 11) is 1.72. The van der Waals surface area contributed by atoms with E-state index in [4.69, 9.17) is 15.2 Å². The number of morpholine rings is 1. The lowest BCUT2D eigenvalue weighted by molar-refractivity contribution is -0.0260. The van der Waals surface area contributed by atoms with Crippen LogP contribution >= 0.6 is 12.4 Å². The standard InChI is InChI=1S/C14H22N2O2.ClH/c1-17-11-13-4-2-3-12(7-13)9-16-5-6-18-14(8-15)10-16;/h2-4,7,14H,5-6,8-11,15H2,1H3;1H. The highest BCUT2D eigenvalue weighted by Crippen LogP contribution is 2.12. The highest BCUT2D eigenvalue weighted by Gasteiger charge is 2.18. The van der Waals surface area contributed by atoms with Gasteiger partial charge in [-0.05, 0) is 11.1 Å². The summed E-state index contributed by atoms with van der Waals surface area (Å²) in [5.74, 6) is 0. The van der Waals surface area contributed by atoms with Crippen LogP contribution in [0.1, 0.15) is 11.1 Å². The number of methoxy groups -OCH3 is 1. The van der Waals surface area contributed by atoms with Crippen molar-refractivity contribution in [3.8, 4) is 0 Å². The molecule has 1 aliphatic rings. The summed E-state index contributed by atoms with van der Waals surface area (Å²) in [4.78, 5) is 2.40. The van der Waals surface area contributed by atoms with Crippen molar-refractivity contribution in [2.24, 2.45) is 5.73 Å². The van der Waals surface area contributed by atoms with Gasteiger partial charge in [-0.3, -0.25) is 4.90 Å². The van der Waals surface area contributed by atoms with Crippen LogP contribution in [0.2, 0.25) is 0 Å². The molecule has 108 valence electrons. The molecule has 0 radical (unpaired) electrons. The van der Waals surface area contributed by atoms with Crippen LogP contribution in [-0.4, -0.2) is 44.4 Å². The van der Waals surface area contributed by atoms with Crippen molar-refractivity contribution in [3.63, 3.8) is 0 Å². The third-order valence-electron chi connectivity index (χ3n) is 3.19. The minimum Gasteiger partial charge on any atom is -0.380 e. The van der Waals surface area contributed by atoms with Gasteiger partial charge in [-0.15, -0.1) is 12.4 Å². The molecule has 0 aliphatic carbocycles.